The highest BCUT2D eigenvalue weighted by atomic mass is 35.5. The van der Waals surface area contributed by atoms with Crippen LogP contribution in [0.2, 0.25) is 5.02 Å². The second kappa shape index (κ2) is 3.62. The number of carbonyl (C=O) groups is 1. The minimum atomic E-state index is 0.134. The second-order valence-electron chi connectivity index (χ2n) is 3.71. The minimum absolute atomic E-state index is 0.134. The van der Waals surface area contributed by atoms with Crippen LogP contribution in [0.3, 0.4) is 0 Å². The maximum Gasteiger partial charge on any atom is 0.220 e. The van der Waals surface area contributed by atoms with Gasteiger partial charge in [0.05, 0.1) is 0 Å². The lowest BCUT2D eigenvalue weighted by atomic mass is 9.94. The van der Waals surface area contributed by atoms with Crippen LogP contribution in [-0.2, 0) is 4.79 Å². The Morgan fingerprint density at radius 3 is 2.93 bits per heavy atom. The molecule has 1 heterocycles. The molecular weight excluding hydrogens is 198 g/mol. The number of amides is 1. The molecule has 14 heavy (non-hydrogen) atoms. The molecular formula is C11H12ClNO. The Balaban J connectivity index is 2.31. The van der Waals surface area contributed by atoms with Crippen LogP contribution in [-0.4, -0.2) is 12.5 Å². The molecule has 1 atom stereocenters. The largest absolute Gasteiger partial charge is 0.355 e. The highest BCUT2D eigenvalue weighted by molar-refractivity contribution is 6.30. The highest BCUT2D eigenvalue weighted by Gasteiger charge is 2.24. The summed E-state index contributed by atoms with van der Waals surface area (Å²) in [5, 5.41) is 3.57. The molecule has 2 nitrogen and oxygen atoms in total. The SMILES string of the molecule is Cc1ccc(Cl)cc1C1CNC(=O)C1. The van der Waals surface area contributed by atoms with E-state index in [4.69, 9.17) is 11.6 Å². The fourth-order valence-corrected chi connectivity index (χ4v) is 2.06. The van der Waals surface area contributed by atoms with Crippen molar-refractivity contribution in [3.63, 3.8) is 0 Å². The second-order valence-corrected chi connectivity index (χ2v) is 4.14. The molecule has 1 unspecified atom stereocenters. The summed E-state index contributed by atoms with van der Waals surface area (Å²) in [4.78, 5) is 11.1. The van der Waals surface area contributed by atoms with Crippen molar-refractivity contribution in [2.75, 3.05) is 6.54 Å². The van der Waals surface area contributed by atoms with Crippen molar-refractivity contribution in [2.45, 2.75) is 19.3 Å². The van der Waals surface area contributed by atoms with Crippen molar-refractivity contribution in [3.8, 4) is 0 Å². The first kappa shape index (κ1) is 9.53. The lowest BCUT2D eigenvalue weighted by Gasteiger charge is -2.11. The molecule has 1 aliphatic rings. The van der Waals surface area contributed by atoms with Gasteiger partial charge in [-0.2, -0.15) is 0 Å². The predicted octanol–water partition coefficient (Wildman–Crippen LogP) is 2.25. The molecule has 1 aromatic carbocycles. The Morgan fingerprint density at radius 2 is 2.29 bits per heavy atom. The highest BCUT2D eigenvalue weighted by Crippen LogP contribution is 2.28. The Morgan fingerprint density at radius 1 is 1.50 bits per heavy atom. The van der Waals surface area contributed by atoms with Gasteiger partial charge in [0.2, 0.25) is 5.91 Å². The van der Waals surface area contributed by atoms with Crippen molar-refractivity contribution in [1.82, 2.24) is 5.32 Å². The lowest BCUT2D eigenvalue weighted by molar-refractivity contribution is -0.119. The molecule has 1 saturated heterocycles. The Bertz CT molecular complexity index is 376. The van der Waals surface area contributed by atoms with Crippen LogP contribution in [0.1, 0.15) is 23.5 Å². The summed E-state index contributed by atoms with van der Waals surface area (Å²) in [5.74, 6) is 0.426. The Labute approximate surface area is 88.3 Å². The van der Waals surface area contributed by atoms with E-state index in [1.807, 2.05) is 18.2 Å². The maximum atomic E-state index is 11.1. The minimum Gasteiger partial charge on any atom is -0.355 e. The monoisotopic (exact) mass is 209 g/mol. The van der Waals surface area contributed by atoms with Gasteiger partial charge in [0.1, 0.15) is 0 Å². The van der Waals surface area contributed by atoms with Crippen molar-refractivity contribution in [3.05, 3.63) is 34.3 Å². The van der Waals surface area contributed by atoms with Crippen molar-refractivity contribution >= 4 is 17.5 Å². The molecule has 0 radical (unpaired) electrons. The normalized spacial score (nSPS) is 21.0. The van der Waals surface area contributed by atoms with Gasteiger partial charge < -0.3 is 5.32 Å². The molecule has 74 valence electrons. The predicted molar refractivity (Wildman–Crippen MR) is 56.6 cm³/mol. The van der Waals surface area contributed by atoms with Crippen molar-refractivity contribution in [1.29, 1.82) is 0 Å². The van der Waals surface area contributed by atoms with E-state index in [1.54, 1.807) is 0 Å². The standard InChI is InChI=1S/C11H12ClNO/c1-7-2-3-9(12)5-10(7)8-4-11(14)13-6-8/h2-3,5,8H,4,6H2,1H3,(H,13,14). The van der Waals surface area contributed by atoms with Crippen LogP contribution in [0.5, 0.6) is 0 Å². The molecule has 0 aromatic heterocycles. The molecule has 3 heteroatoms. The average molecular weight is 210 g/mol. The third kappa shape index (κ3) is 1.75. The number of nitrogens with one attached hydrogen (secondary N) is 1. The number of halogens is 1. The smallest absolute Gasteiger partial charge is 0.220 e. The van der Waals surface area contributed by atoms with Gasteiger partial charge in [0.15, 0.2) is 0 Å². The van der Waals surface area contributed by atoms with Gasteiger partial charge >= 0.3 is 0 Å². The molecule has 1 fully saturated rings. The van der Waals surface area contributed by atoms with Crippen LogP contribution in [0.25, 0.3) is 0 Å². The molecule has 0 saturated carbocycles. The Hall–Kier alpha value is -1.02. The van der Waals surface area contributed by atoms with Gasteiger partial charge in [0.25, 0.3) is 0 Å². The van der Waals surface area contributed by atoms with Gasteiger partial charge in [0, 0.05) is 23.9 Å². The molecule has 0 aliphatic carbocycles. The van der Waals surface area contributed by atoms with Crippen LogP contribution in [0, 0.1) is 6.92 Å². The number of aryl methyl sites for hydroxylation is 1. The van der Waals surface area contributed by atoms with E-state index in [-0.39, 0.29) is 5.91 Å². The molecule has 1 aliphatic heterocycles. The molecule has 0 spiro atoms. The molecule has 1 aromatic rings. The molecule has 2 rings (SSSR count). The van der Waals surface area contributed by atoms with Crippen molar-refractivity contribution in [2.24, 2.45) is 0 Å². The summed E-state index contributed by atoms with van der Waals surface area (Å²) in [6.45, 7) is 2.79. The Kier molecular flexibility index (Phi) is 2.46. The number of hydrogen-bond donors (Lipinski definition) is 1. The number of benzene rings is 1. The van der Waals surface area contributed by atoms with E-state index >= 15 is 0 Å². The summed E-state index contributed by atoms with van der Waals surface area (Å²) in [5.41, 5.74) is 2.40. The summed E-state index contributed by atoms with van der Waals surface area (Å²) < 4.78 is 0. The zero-order valence-electron chi connectivity index (χ0n) is 8.01. The van der Waals surface area contributed by atoms with E-state index in [9.17, 15) is 4.79 Å². The van der Waals surface area contributed by atoms with Gasteiger partial charge in [-0.3, -0.25) is 4.79 Å². The first-order valence-corrected chi connectivity index (χ1v) is 5.07. The van der Waals surface area contributed by atoms with E-state index in [2.05, 4.69) is 12.2 Å². The van der Waals surface area contributed by atoms with E-state index in [1.165, 1.54) is 11.1 Å². The van der Waals surface area contributed by atoms with Crippen LogP contribution < -0.4 is 5.32 Å². The zero-order valence-corrected chi connectivity index (χ0v) is 8.77. The number of hydrogen-bond acceptors (Lipinski definition) is 1. The van der Waals surface area contributed by atoms with Gasteiger partial charge in [-0.25, -0.2) is 0 Å². The first-order chi connectivity index (χ1) is 6.66. The molecule has 1 amide bonds. The summed E-state index contributed by atoms with van der Waals surface area (Å²) in [6, 6.07) is 5.84. The van der Waals surface area contributed by atoms with E-state index < -0.39 is 0 Å². The summed E-state index contributed by atoms with van der Waals surface area (Å²) >= 11 is 5.93. The van der Waals surface area contributed by atoms with Gasteiger partial charge in [-0.15, -0.1) is 0 Å². The molecule has 1 N–H and O–H groups in total. The third-order valence-corrected chi connectivity index (χ3v) is 2.89. The average Bonchev–Trinajstić information content (AvgIpc) is 2.56. The van der Waals surface area contributed by atoms with Crippen molar-refractivity contribution < 1.29 is 4.79 Å². The number of carbonyl (C=O) groups excluding carboxylic acids is 1. The third-order valence-electron chi connectivity index (χ3n) is 2.66. The zero-order chi connectivity index (χ0) is 10.1. The maximum absolute atomic E-state index is 11.1. The molecule has 0 bridgehead atoms. The summed E-state index contributed by atoms with van der Waals surface area (Å²) in [6.07, 6.45) is 0.585. The van der Waals surface area contributed by atoms with E-state index in [0.29, 0.717) is 12.3 Å². The summed E-state index contributed by atoms with van der Waals surface area (Å²) in [7, 11) is 0. The fraction of sp³-hybridized carbons (Fsp3) is 0.364. The number of rotatable bonds is 1. The van der Waals surface area contributed by atoms with Crippen LogP contribution >= 0.6 is 11.6 Å². The quantitative estimate of drug-likeness (QED) is 0.755. The van der Waals surface area contributed by atoms with E-state index in [0.717, 1.165) is 11.6 Å². The van der Waals surface area contributed by atoms with Crippen LogP contribution in [0.15, 0.2) is 18.2 Å². The van der Waals surface area contributed by atoms with Gasteiger partial charge in [-0.05, 0) is 30.2 Å². The first-order valence-electron chi connectivity index (χ1n) is 4.69. The van der Waals surface area contributed by atoms with Gasteiger partial charge in [-0.1, -0.05) is 17.7 Å². The lowest BCUT2D eigenvalue weighted by Crippen LogP contribution is -2.13. The fourth-order valence-electron chi connectivity index (χ4n) is 1.88. The topological polar surface area (TPSA) is 29.1 Å². The van der Waals surface area contributed by atoms with Crippen LogP contribution in [0.4, 0.5) is 0 Å².